The summed E-state index contributed by atoms with van der Waals surface area (Å²) in [6, 6.07) is 0. The molecule has 2 aliphatic heterocycles. The molecule has 2 fully saturated rings. The first-order chi connectivity index (χ1) is 8.69. The molecule has 0 aromatic rings. The van der Waals surface area contributed by atoms with Gasteiger partial charge in [-0.15, -0.1) is 11.8 Å². The molecule has 1 N–H and O–H groups in total. The Hall–Kier alpha value is -1.01. The van der Waals surface area contributed by atoms with E-state index in [-0.39, 0.29) is 17.2 Å². The predicted molar refractivity (Wildman–Crippen MR) is 72.2 cm³/mol. The number of carbonyl (C=O) groups is 2. The van der Waals surface area contributed by atoms with Gasteiger partial charge >= 0.3 is 5.97 Å². The molecule has 0 spiro atoms. The summed E-state index contributed by atoms with van der Waals surface area (Å²) in [4.78, 5) is 25.9. The fraction of sp³-hybridized carbons (Fsp3) is 0.692. The molecule has 6 heteroatoms. The smallest absolute Gasteiger partial charge is 0.332 e. The Kier molecular flexibility index (Phi) is 3.66. The number of rotatable bonds is 2. The molecule has 2 saturated heterocycles. The monoisotopic (exact) mass is 285 g/mol. The van der Waals surface area contributed by atoms with Gasteiger partial charge < -0.3 is 14.7 Å². The first-order valence-electron chi connectivity index (χ1n) is 6.28. The third-order valence-electron chi connectivity index (χ3n) is 2.99. The highest BCUT2D eigenvalue weighted by atomic mass is 32.2. The van der Waals surface area contributed by atoms with Crippen LogP contribution in [0, 0.1) is 5.92 Å². The number of hydrogen-bond donors (Lipinski definition) is 1. The summed E-state index contributed by atoms with van der Waals surface area (Å²) in [6.07, 6.45) is 0.794. The SMILES string of the molecule is C[C@@H](O)[C@H]1C(=O)N2C/C(=C/C(=O)OC(C)(C)C)S[C@H]12. The van der Waals surface area contributed by atoms with Crippen LogP contribution >= 0.6 is 11.8 Å². The number of carbonyl (C=O) groups excluding carboxylic acids is 2. The average molecular weight is 285 g/mol. The standard InChI is InChI=1S/C13H19NO4S/c1-7(15)10-11(17)14-6-8(19-12(10)14)5-9(16)18-13(2,3)4/h5,7,10,12,15H,6H2,1-4H3/b8-5-/t7-,10+,12-/m1/s1. The van der Waals surface area contributed by atoms with Gasteiger partial charge in [-0.25, -0.2) is 4.79 Å². The Bertz CT molecular complexity index is 438. The molecule has 106 valence electrons. The topological polar surface area (TPSA) is 66.8 Å². The van der Waals surface area contributed by atoms with Crippen molar-refractivity contribution in [3.05, 3.63) is 11.0 Å². The minimum atomic E-state index is -0.651. The number of aliphatic hydroxyl groups is 1. The van der Waals surface area contributed by atoms with E-state index in [4.69, 9.17) is 4.74 Å². The fourth-order valence-corrected chi connectivity index (χ4v) is 3.69. The Balaban J connectivity index is 1.99. The lowest BCUT2D eigenvalue weighted by atomic mass is 9.93. The Labute approximate surface area is 117 Å². The summed E-state index contributed by atoms with van der Waals surface area (Å²) in [6.45, 7) is 7.49. The highest BCUT2D eigenvalue weighted by Gasteiger charge is 2.53. The van der Waals surface area contributed by atoms with Gasteiger partial charge in [0.15, 0.2) is 0 Å². The largest absolute Gasteiger partial charge is 0.457 e. The van der Waals surface area contributed by atoms with Crippen molar-refractivity contribution in [2.24, 2.45) is 5.92 Å². The average Bonchev–Trinajstić information content (AvgIpc) is 2.53. The van der Waals surface area contributed by atoms with Crippen LogP contribution < -0.4 is 0 Å². The molecule has 0 aromatic carbocycles. The first-order valence-corrected chi connectivity index (χ1v) is 7.16. The van der Waals surface area contributed by atoms with Gasteiger partial charge in [0.25, 0.3) is 0 Å². The van der Waals surface area contributed by atoms with Crippen LogP contribution in [0.25, 0.3) is 0 Å². The second-order valence-corrected chi connectivity index (χ2v) is 7.13. The van der Waals surface area contributed by atoms with Crippen molar-refractivity contribution in [2.45, 2.75) is 44.8 Å². The highest BCUT2D eigenvalue weighted by molar-refractivity contribution is 8.04. The van der Waals surface area contributed by atoms with Crippen molar-refractivity contribution >= 4 is 23.6 Å². The molecule has 0 bridgehead atoms. The molecular formula is C13H19NO4S. The summed E-state index contributed by atoms with van der Waals surface area (Å²) in [5.74, 6) is -0.784. The van der Waals surface area contributed by atoms with E-state index in [2.05, 4.69) is 0 Å². The molecule has 2 aliphatic rings. The molecule has 1 amide bonds. The third-order valence-corrected chi connectivity index (χ3v) is 4.33. The van der Waals surface area contributed by atoms with E-state index in [9.17, 15) is 14.7 Å². The van der Waals surface area contributed by atoms with Crippen LogP contribution in [-0.2, 0) is 14.3 Å². The normalized spacial score (nSPS) is 30.1. The van der Waals surface area contributed by atoms with E-state index in [1.54, 1.807) is 11.8 Å². The summed E-state index contributed by atoms with van der Waals surface area (Å²) in [7, 11) is 0. The molecule has 3 atom stereocenters. The molecule has 0 unspecified atom stereocenters. The number of esters is 1. The lowest BCUT2D eigenvalue weighted by Crippen LogP contribution is -2.59. The summed E-state index contributed by atoms with van der Waals surface area (Å²) >= 11 is 1.46. The van der Waals surface area contributed by atoms with Gasteiger partial charge in [0, 0.05) is 11.0 Å². The van der Waals surface area contributed by atoms with Gasteiger partial charge in [0.1, 0.15) is 5.60 Å². The second-order valence-electron chi connectivity index (χ2n) is 5.89. The Morgan fingerprint density at radius 1 is 1.58 bits per heavy atom. The summed E-state index contributed by atoms with van der Waals surface area (Å²) < 4.78 is 5.21. The maximum atomic E-state index is 11.8. The fourth-order valence-electron chi connectivity index (χ4n) is 2.20. The molecule has 0 aromatic heterocycles. The zero-order valence-corrected chi connectivity index (χ0v) is 12.4. The van der Waals surface area contributed by atoms with Crippen molar-refractivity contribution in [3.63, 3.8) is 0 Å². The van der Waals surface area contributed by atoms with E-state index >= 15 is 0 Å². The van der Waals surface area contributed by atoms with E-state index in [0.29, 0.717) is 6.54 Å². The van der Waals surface area contributed by atoms with Crippen LogP contribution in [0.2, 0.25) is 0 Å². The van der Waals surface area contributed by atoms with Crippen LogP contribution in [0.4, 0.5) is 0 Å². The van der Waals surface area contributed by atoms with Crippen molar-refractivity contribution in [1.29, 1.82) is 0 Å². The highest BCUT2D eigenvalue weighted by Crippen LogP contribution is 2.46. The lowest BCUT2D eigenvalue weighted by Gasteiger charge is -2.42. The minimum Gasteiger partial charge on any atom is -0.457 e. The number of nitrogens with zero attached hydrogens (tertiary/aromatic N) is 1. The zero-order chi connectivity index (χ0) is 14.4. The third kappa shape index (κ3) is 2.95. The molecule has 2 heterocycles. The zero-order valence-electron chi connectivity index (χ0n) is 11.5. The van der Waals surface area contributed by atoms with E-state index in [1.165, 1.54) is 17.8 Å². The van der Waals surface area contributed by atoms with Crippen molar-refractivity contribution in [3.8, 4) is 0 Å². The van der Waals surface area contributed by atoms with Crippen LogP contribution in [0.15, 0.2) is 11.0 Å². The number of ether oxygens (including phenoxy) is 1. The maximum Gasteiger partial charge on any atom is 0.332 e. The van der Waals surface area contributed by atoms with Gasteiger partial charge in [0.2, 0.25) is 5.91 Å². The van der Waals surface area contributed by atoms with Crippen LogP contribution in [0.3, 0.4) is 0 Å². The number of aliphatic hydroxyl groups excluding tert-OH is 1. The van der Waals surface area contributed by atoms with E-state index in [0.717, 1.165) is 4.91 Å². The molecule has 0 aliphatic carbocycles. The Morgan fingerprint density at radius 3 is 2.74 bits per heavy atom. The van der Waals surface area contributed by atoms with E-state index < -0.39 is 17.7 Å². The minimum absolute atomic E-state index is 0.0406. The number of β-lactam (4-membered cyclic amide) rings is 1. The van der Waals surface area contributed by atoms with Crippen molar-refractivity contribution < 1.29 is 19.4 Å². The van der Waals surface area contributed by atoms with Gasteiger partial charge in [-0.05, 0) is 27.7 Å². The number of hydrogen-bond acceptors (Lipinski definition) is 5. The van der Waals surface area contributed by atoms with Gasteiger partial charge in [-0.3, -0.25) is 4.79 Å². The first kappa shape index (κ1) is 14.4. The number of fused-ring (bicyclic) bond motifs is 1. The molecule has 0 saturated carbocycles. The number of amides is 1. The Morgan fingerprint density at radius 2 is 2.21 bits per heavy atom. The van der Waals surface area contributed by atoms with E-state index in [1.807, 2.05) is 20.8 Å². The van der Waals surface area contributed by atoms with Gasteiger partial charge in [-0.2, -0.15) is 0 Å². The predicted octanol–water partition coefficient (Wildman–Crippen LogP) is 1.12. The molecular weight excluding hydrogens is 266 g/mol. The molecule has 19 heavy (non-hydrogen) atoms. The lowest BCUT2D eigenvalue weighted by molar-refractivity contribution is -0.155. The second kappa shape index (κ2) is 4.83. The maximum absolute atomic E-state index is 11.8. The van der Waals surface area contributed by atoms with Crippen LogP contribution in [-0.4, -0.2) is 45.5 Å². The molecule has 5 nitrogen and oxygen atoms in total. The van der Waals surface area contributed by atoms with Crippen molar-refractivity contribution in [1.82, 2.24) is 4.90 Å². The van der Waals surface area contributed by atoms with Gasteiger partial charge in [-0.1, -0.05) is 0 Å². The van der Waals surface area contributed by atoms with Crippen molar-refractivity contribution in [2.75, 3.05) is 6.54 Å². The van der Waals surface area contributed by atoms with Crippen LogP contribution in [0.5, 0.6) is 0 Å². The molecule has 0 radical (unpaired) electrons. The van der Waals surface area contributed by atoms with Gasteiger partial charge in [0.05, 0.1) is 23.9 Å². The van der Waals surface area contributed by atoms with Crippen LogP contribution in [0.1, 0.15) is 27.7 Å². The summed E-state index contributed by atoms with van der Waals surface area (Å²) in [5.41, 5.74) is -0.519. The molecule has 2 rings (SSSR count). The summed E-state index contributed by atoms with van der Waals surface area (Å²) in [5, 5.41) is 9.50. The number of thioether (sulfide) groups is 1. The quantitative estimate of drug-likeness (QED) is 0.468.